The Morgan fingerprint density at radius 3 is 2.27 bits per heavy atom. The van der Waals surface area contributed by atoms with Crippen molar-refractivity contribution in [2.75, 3.05) is 6.54 Å². The molecule has 0 unspecified atom stereocenters. The van der Waals surface area contributed by atoms with Crippen molar-refractivity contribution in [3.8, 4) is 0 Å². The molecule has 2 heteroatoms. The third kappa shape index (κ3) is 1.14. The Morgan fingerprint density at radius 1 is 0.909 bits per heavy atom. The molecule has 0 saturated heterocycles. The fourth-order valence-electron chi connectivity index (χ4n) is 5.05. The van der Waals surface area contributed by atoms with E-state index in [-0.39, 0.29) is 10.8 Å². The molecule has 22 heavy (non-hydrogen) atoms. The van der Waals surface area contributed by atoms with Gasteiger partial charge in [0.1, 0.15) is 0 Å². The molecular weight excluding hydrogens is 268 g/mol. The fourth-order valence-corrected chi connectivity index (χ4v) is 5.05. The fraction of sp³-hybridized carbons (Fsp3) is 0.350. The maximum atomic E-state index is 4.80. The monoisotopic (exact) mass is 288 g/mol. The first kappa shape index (κ1) is 12.5. The summed E-state index contributed by atoms with van der Waals surface area (Å²) in [6, 6.07) is 0. The van der Waals surface area contributed by atoms with Crippen LogP contribution in [0.4, 0.5) is 0 Å². The van der Waals surface area contributed by atoms with E-state index in [1.165, 1.54) is 33.7 Å². The summed E-state index contributed by atoms with van der Waals surface area (Å²) in [4.78, 5) is 4.80. The number of nitrogens with one attached hydrogen (secondary N) is 1. The summed E-state index contributed by atoms with van der Waals surface area (Å²) in [7, 11) is 0. The number of rotatable bonds is 0. The molecule has 0 bridgehead atoms. The molecular formula is C20H20N2. The van der Waals surface area contributed by atoms with E-state index < -0.39 is 0 Å². The number of fused-ring (bicyclic) bond motifs is 2. The minimum absolute atomic E-state index is 0.00667. The Bertz CT molecular complexity index is 813. The Labute approximate surface area is 131 Å². The van der Waals surface area contributed by atoms with Crippen molar-refractivity contribution < 1.29 is 0 Å². The third-order valence-electron chi connectivity index (χ3n) is 6.35. The van der Waals surface area contributed by atoms with Crippen LogP contribution in [0.3, 0.4) is 0 Å². The van der Waals surface area contributed by atoms with Gasteiger partial charge in [0, 0.05) is 17.0 Å². The second kappa shape index (κ2) is 3.81. The van der Waals surface area contributed by atoms with E-state index in [1.54, 1.807) is 0 Å². The van der Waals surface area contributed by atoms with Crippen molar-refractivity contribution >= 4 is 6.21 Å². The zero-order valence-electron chi connectivity index (χ0n) is 13.1. The van der Waals surface area contributed by atoms with Crippen molar-refractivity contribution in [3.05, 3.63) is 70.1 Å². The van der Waals surface area contributed by atoms with Crippen LogP contribution in [0, 0.1) is 10.8 Å². The number of hydrogen-bond donors (Lipinski definition) is 1. The standard InChI is InChI=1S/C20H20N2/c1-19-13-5-3-7-15(19)17-18(22-12-11-21-17)16-8-4-6-14(10-9-13)20(16,19)2/h5-11,22H,3-4,12H2,1-2H3/t19-,20-/m1/s1. The molecule has 4 aliphatic carbocycles. The zero-order valence-corrected chi connectivity index (χ0v) is 13.1. The van der Waals surface area contributed by atoms with Gasteiger partial charge in [-0.25, -0.2) is 0 Å². The highest BCUT2D eigenvalue weighted by Gasteiger charge is 2.59. The molecule has 5 rings (SSSR count). The van der Waals surface area contributed by atoms with E-state index in [4.69, 9.17) is 4.99 Å². The third-order valence-corrected chi connectivity index (χ3v) is 6.35. The van der Waals surface area contributed by atoms with E-state index >= 15 is 0 Å². The van der Waals surface area contributed by atoms with Crippen molar-refractivity contribution in [1.82, 2.24) is 5.32 Å². The topological polar surface area (TPSA) is 24.4 Å². The maximum absolute atomic E-state index is 4.80. The molecule has 1 heterocycles. The summed E-state index contributed by atoms with van der Waals surface area (Å²) in [5, 5.41) is 3.61. The molecule has 0 spiro atoms. The lowest BCUT2D eigenvalue weighted by atomic mass is 9.45. The average Bonchev–Trinajstić information content (AvgIpc) is 2.54. The first-order valence-electron chi connectivity index (χ1n) is 8.19. The van der Waals surface area contributed by atoms with Crippen molar-refractivity contribution in [1.29, 1.82) is 0 Å². The van der Waals surface area contributed by atoms with Gasteiger partial charge in [-0.3, -0.25) is 4.99 Å². The molecule has 0 fully saturated rings. The lowest BCUT2D eigenvalue weighted by Gasteiger charge is -2.58. The number of hydrogen-bond acceptors (Lipinski definition) is 2. The Balaban J connectivity index is 1.92. The molecule has 1 aliphatic heterocycles. The quantitative estimate of drug-likeness (QED) is 0.716. The summed E-state index contributed by atoms with van der Waals surface area (Å²) in [5.74, 6) is 0. The number of aliphatic imine (C=N–C) groups is 1. The minimum atomic E-state index is -0.00667. The smallest absolute Gasteiger partial charge is 0.0899 e. The van der Waals surface area contributed by atoms with Gasteiger partial charge < -0.3 is 5.32 Å². The van der Waals surface area contributed by atoms with Gasteiger partial charge in [0.2, 0.25) is 0 Å². The van der Waals surface area contributed by atoms with Crippen LogP contribution < -0.4 is 5.32 Å². The molecule has 0 radical (unpaired) electrons. The first-order chi connectivity index (χ1) is 10.7. The van der Waals surface area contributed by atoms with Crippen LogP contribution in [0.1, 0.15) is 26.7 Å². The Morgan fingerprint density at radius 2 is 1.55 bits per heavy atom. The van der Waals surface area contributed by atoms with E-state index in [0.29, 0.717) is 0 Å². The molecule has 0 saturated carbocycles. The molecule has 110 valence electrons. The molecule has 0 aromatic carbocycles. The first-order valence-corrected chi connectivity index (χ1v) is 8.19. The maximum Gasteiger partial charge on any atom is 0.0899 e. The second-order valence-electron chi connectivity index (χ2n) is 7.03. The molecule has 2 nitrogen and oxygen atoms in total. The lowest BCUT2D eigenvalue weighted by Crippen LogP contribution is -2.51. The summed E-state index contributed by atoms with van der Waals surface area (Å²) < 4.78 is 0. The number of allylic oxidation sites excluding steroid dienone is 10. The molecule has 0 aromatic rings. The van der Waals surface area contributed by atoms with Crippen LogP contribution >= 0.6 is 0 Å². The van der Waals surface area contributed by atoms with Gasteiger partial charge in [-0.15, -0.1) is 0 Å². The highest BCUT2D eigenvalue weighted by atomic mass is 15.0. The van der Waals surface area contributed by atoms with E-state index in [2.05, 4.69) is 55.6 Å². The highest BCUT2D eigenvalue weighted by molar-refractivity contribution is 5.74. The Kier molecular flexibility index (Phi) is 2.16. The lowest BCUT2D eigenvalue weighted by molar-refractivity contribution is 0.233. The van der Waals surface area contributed by atoms with E-state index in [9.17, 15) is 0 Å². The van der Waals surface area contributed by atoms with Crippen LogP contribution in [0.2, 0.25) is 0 Å². The van der Waals surface area contributed by atoms with Gasteiger partial charge in [-0.1, -0.05) is 50.3 Å². The predicted molar refractivity (Wildman–Crippen MR) is 90.4 cm³/mol. The van der Waals surface area contributed by atoms with Gasteiger partial charge in [-0.05, 0) is 35.1 Å². The van der Waals surface area contributed by atoms with Crippen LogP contribution in [0.15, 0.2) is 75.1 Å². The molecule has 0 aromatic heterocycles. The van der Waals surface area contributed by atoms with Crippen molar-refractivity contribution in [2.45, 2.75) is 26.7 Å². The normalized spacial score (nSPS) is 37.4. The van der Waals surface area contributed by atoms with Crippen LogP contribution in [0.5, 0.6) is 0 Å². The summed E-state index contributed by atoms with van der Waals surface area (Å²) in [6.45, 7) is 5.66. The molecule has 1 N–H and O–H groups in total. The zero-order chi connectivity index (χ0) is 14.9. The molecule has 2 atom stereocenters. The van der Waals surface area contributed by atoms with Gasteiger partial charge in [0.15, 0.2) is 0 Å². The largest absolute Gasteiger partial charge is 0.378 e. The van der Waals surface area contributed by atoms with Crippen LogP contribution in [-0.2, 0) is 0 Å². The molecule has 0 amide bonds. The van der Waals surface area contributed by atoms with Gasteiger partial charge in [0.25, 0.3) is 0 Å². The van der Waals surface area contributed by atoms with Crippen LogP contribution in [0.25, 0.3) is 0 Å². The molecule has 5 aliphatic rings. The van der Waals surface area contributed by atoms with Gasteiger partial charge in [0.05, 0.1) is 17.9 Å². The highest BCUT2D eigenvalue weighted by Crippen LogP contribution is 2.68. The second-order valence-corrected chi connectivity index (χ2v) is 7.03. The number of nitrogens with zero attached hydrogens (tertiary/aromatic N) is 1. The average molecular weight is 288 g/mol. The summed E-state index contributed by atoms with van der Waals surface area (Å²) in [6.07, 6.45) is 18.3. The Hall–Kier alpha value is -2.09. The van der Waals surface area contributed by atoms with Crippen molar-refractivity contribution in [3.63, 3.8) is 0 Å². The summed E-state index contributed by atoms with van der Waals surface area (Å²) in [5.41, 5.74) is 8.18. The predicted octanol–water partition coefficient (Wildman–Crippen LogP) is 3.98. The van der Waals surface area contributed by atoms with Gasteiger partial charge >= 0.3 is 0 Å². The minimum Gasteiger partial charge on any atom is -0.378 e. The summed E-state index contributed by atoms with van der Waals surface area (Å²) >= 11 is 0. The van der Waals surface area contributed by atoms with Gasteiger partial charge in [-0.2, -0.15) is 0 Å². The van der Waals surface area contributed by atoms with Crippen LogP contribution in [-0.4, -0.2) is 12.8 Å². The van der Waals surface area contributed by atoms with E-state index in [0.717, 1.165) is 19.4 Å². The van der Waals surface area contributed by atoms with Crippen molar-refractivity contribution in [2.24, 2.45) is 15.8 Å². The SMILES string of the molecule is C[C@@]12C3=CCC=C1C1=C(NCC=N1)C1=CCC=C(C=C3)[C@]12C. The van der Waals surface area contributed by atoms with E-state index in [1.807, 2.05) is 6.21 Å².